The Bertz CT molecular complexity index is 1550. The molecule has 0 radical (unpaired) electrons. The molecule has 7 nitrogen and oxygen atoms in total. The van der Waals surface area contributed by atoms with E-state index in [1.807, 2.05) is 42.5 Å². The van der Waals surface area contributed by atoms with Crippen LogP contribution >= 0.6 is 0 Å². The standard InChI is InChI=1S/C29H28N4O3/c1-3-28(35)32(2)16-22-14-21-13-19(18-7-8-18)9-10-24(21)29(36)33(22)26-6-4-5-23(25(26)17-34)20-11-12-31-27(30)15-20/h3-6,9-15,18,34H,1,7-8,16-17H2,2H3,(H2,30,31). The number of rotatable bonds is 7. The number of aliphatic hydroxyl groups is 1. The van der Waals surface area contributed by atoms with Gasteiger partial charge in [0, 0.05) is 29.9 Å². The van der Waals surface area contributed by atoms with E-state index in [1.54, 1.807) is 23.9 Å². The molecule has 3 N–H and O–H groups in total. The number of aromatic nitrogens is 2. The third-order valence-electron chi connectivity index (χ3n) is 6.76. The number of amides is 1. The van der Waals surface area contributed by atoms with Gasteiger partial charge < -0.3 is 15.7 Å². The average Bonchev–Trinajstić information content (AvgIpc) is 3.73. The maximum Gasteiger partial charge on any atom is 0.263 e. The number of anilines is 1. The van der Waals surface area contributed by atoms with E-state index in [0.29, 0.717) is 34.1 Å². The summed E-state index contributed by atoms with van der Waals surface area (Å²) in [7, 11) is 1.67. The van der Waals surface area contributed by atoms with Crippen molar-refractivity contribution in [1.29, 1.82) is 0 Å². The zero-order valence-electron chi connectivity index (χ0n) is 20.1. The molecular weight excluding hydrogens is 452 g/mol. The van der Waals surface area contributed by atoms with Crippen molar-refractivity contribution in [1.82, 2.24) is 14.5 Å². The minimum Gasteiger partial charge on any atom is -0.392 e. The summed E-state index contributed by atoms with van der Waals surface area (Å²) in [5, 5.41) is 11.9. The summed E-state index contributed by atoms with van der Waals surface area (Å²) in [6.07, 6.45) is 5.19. The van der Waals surface area contributed by atoms with Crippen molar-refractivity contribution in [2.45, 2.75) is 31.9 Å². The Labute approximate surface area is 209 Å². The highest BCUT2D eigenvalue weighted by molar-refractivity contribution is 5.87. The molecule has 0 aliphatic heterocycles. The molecule has 0 unspecified atom stereocenters. The summed E-state index contributed by atoms with van der Waals surface area (Å²) < 4.78 is 1.60. The first-order valence-corrected chi connectivity index (χ1v) is 11.9. The Morgan fingerprint density at radius 3 is 2.72 bits per heavy atom. The molecule has 2 aromatic carbocycles. The van der Waals surface area contributed by atoms with Crippen molar-refractivity contribution >= 4 is 22.5 Å². The van der Waals surface area contributed by atoms with E-state index < -0.39 is 0 Å². The van der Waals surface area contributed by atoms with Crippen LogP contribution in [-0.4, -0.2) is 32.5 Å². The zero-order chi connectivity index (χ0) is 25.4. The third-order valence-corrected chi connectivity index (χ3v) is 6.76. The van der Waals surface area contributed by atoms with Gasteiger partial charge in [0.1, 0.15) is 5.82 Å². The quantitative estimate of drug-likeness (QED) is 0.387. The molecule has 36 heavy (non-hydrogen) atoms. The van der Waals surface area contributed by atoms with Crippen LogP contribution in [0, 0.1) is 0 Å². The van der Waals surface area contributed by atoms with E-state index in [-0.39, 0.29) is 24.6 Å². The predicted octanol–water partition coefficient (Wildman–Crippen LogP) is 4.15. The summed E-state index contributed by atoms with van der Waals surface area (Å²) in [6, 6.07) is 17.0. The van der Waals surface area contributed by atoms with Gasteiger partial charge in [-0.05, 0) is 77.2 Å². The lowest BCUT2D eigenvalue weighted by Gasteiger charge is -2.22. The van der Waals surface area contributed by atoms with E-state index in [2.05, 4.69) is 17.6 Å². The number of pyridine rings is 2. The molecule has 1 amide bonds. The van der Waals surface area contributed by atoms with Crippen LogP contribution in [0.5, 0.6) is 0 Å². The Morgan fingerprint density at radius 2 is 2.03 bits per heavy atom. The van der Waals surface area contributed by atoms with Crippen LogP contribution in [0.2, 0.25) is 0 Å². The van der Waals surface area contributed by atoms with Crippen molar-refractivity contribution in [2.24, 2.45) is 0 Å². The molecule has 0 saturated heterocycles. The van der Waals surface area contributed by atoms with Crippen LogP contribution in [-0.2, 0) is 17.9 Å². The number of nitrogen functional groups attached to an aromatic ring is 1. The Balaban J connectivity index is 1.76. The Kier molecular flexibility index (Phi) is 6.16. The van der Waals surface area contributed by atoms with Crippen LogP contribution in [0.4, 0.5) is 5.82 Å². The topological polar surface area (TPSA) is 101 Å². The van der Waals surface area contributed by atoms with Gasteiger partial charge in [-0.25, -0.2) is 4.98 Å². The number of hydrogen-bond donors (Lipinski definition) is 2. The summed E-state index contributed by atoms with van der Waals surface area (Å²) in [6.45, 7) is 3.48. The molecule has 0 spiro atoms. The molecule has 1 aliphatic carbocycles. The second-order valence-electron chi connectivity index (χ2n) is 9.23. The van der Waals surface area contributed by atoms with E-state index >= 15 is 0 Å². The number of nitrogens with two attached hydrogens (primary N) is 1. The van der Waals surface area contributed by atoms with Gasteiger partial charge in [-0.2, -0.15) is 0 Å². The fourth-order valence-corrected chi connectivity index (χ4v) is 4.75. The minimum absolute atomic E-state index is 0.195. The molecule has 1 fully saturated rings. The van der Waals surface area contributed by atoms with Crippen LogP contribution in [0.3, 0.4) is 0 Å². The van der Waals surface area contributed by atoms with Gasteiger partial charge in [-0.1, -0.05) is 30.8 Å². The highest BCUT2D eigenvalue weighted by Crippen LogP contribution is 2.41. The molecule has 182 valence electrons. The fraction of sp³-hybridized carbons (Fsp3) is 0.207. The number of aliphatic hydroxyl groups excluding tert-OH is 1. The second-order valence-corrected chi connectivity index (χ2v) is 9.23. The van der Waals surface area contributed by atoms with Crippen molar-refractivity contribution in [3.63, 3.8) is 0 Å². The molecular formula is C29H28N4O3. The molecule has 4 aromatic rings. The number of nitrogens with zero attached hydrogens (tertiary/aromatic N) is 3. The first-order chi connectivity index (χ1) is 17.4. The summed E-state index contributed by atoms with van der Waals surface area (Å²) in [5.41, 5.74) is 10.2. The molecule has 0 bridgehead atoms. The van der Waals surface area contributed by atoms with E-state index in [9.17, 15) is 14.7 Å². The van der Waals surface area contributed by atoms with Gasteiger partial charge >= 0.3 is 0 Å². The SMILES string of the molecule is C=CC(=O)N(C)Cc1cc2cc(C3CC3)ccc2c(=O)n1-c1cccc(-c2ccnc(N)c2)c1CO. The zero-order valence-corrected chi connectivity index (χ0v) is 20.1. The van der Waals surface area contributed by atoms with Crippen LogP contribution in [0.25, 0.3) is 27.6 Å². The first kappa shape index (κ1) is 23.5. The molecule has 2 heterocycles. The van der Waals surface area contributed by atoms with Gasteiger partial charge in [0.15, 0.2) is 0 Å². The van der Waals surface area contributed by atoms with E-state index in [1.165, 1.54) is 16.5 Å². The predicted molar refractivity (Wildman–Crippen MR) is 142 cm³/mol. The van der Waals surface area contributed by atoms with Gasteiger partial charge in [0.25, 0.3) is 5.56 Å². The van der Waals surface area contributed by atoms with Crippen molar-refractivity contribution in [3.8, 4) is 16.8 Å². The Morgan fingerprint density at radius 1 is 1.22 bits per heavy atom. The van der Waals surface area contributed by atoms with Gasteiger partial charge in [0.2, 0.25) is 5.91 Å². The van der Waals surface area contributed by atoms with Crippen molar-refractivity contribution < 1.29 is 9.90 Å². The Hall–Kier alpha value is -4.23. The smallest absolute Gasteiger partial charge is 0.263 e. The normalized spacial score (nSPS) is 13.1. The largest absolute Gasteiger partial charge is 0.392 e. The summed E-state index contributed by atoms with van der Waals surface area (Å²) >= 11 is 0. The lowest BCUT2D eigenvalue weighted by Crippen LogP contribution is -2.30. The lowest BCUT2D eigenvalue weighted by atomic mass is 9.98. The molecule has 2 aromatic heterocycles. The number of benzene rings is 2. The first-order valence-electron chi connectivity index (χ1n) is 11.9. The molecule has 1 aliphatic rings. The monoisotopic (exact) mass is 480 g/mol. The maximum absolute atomic E-state index is 14.0. The molecule has 7 heteroatoms. The third kappa shape index (κ3) is 4.29. The van der Waals surface area contributed by atoms with Gasteiger partial charge in [-0.3, -0.25) is 14.2 Å². The summed E-state index contributed by atoms with van der Waals surface area (Å²) in [4.78, 5) is 31.9. The minimum atomic E-state index is -0.292. The van der Waals surface area contributed by atoms with Gasteiger partial charge in [0.05, 0.1) is 18.8 Å². The highest BCUT2D eigenvalue weighted by atomic mass is 16.3. The number of hydrogen-bond acceptors (Lipinski definition) is 5. The highest BCUT2D eigenvalue weighted by Gasteiger charge is 2.24. The fourth-order valence-electron chi connectivity index (χ4n) is 4.75. The summed E-state index contributed by atoms with van der Waals surface area (Å²) in [5.74, 6) is 0.668. The van der Waals surface area contributed by atoms with Crippen LogP contribution < -0.4 is 11.3 Å². The van der Waals surface area contributed by atoms with E-state index in [0.717, 1.165) is 29.4 Å². The number of fused-ring (bicyclic) bond motifs is 1. The van der Waals surface area contributed by atoms with Crippen LogP contribution in [0.15, 0.2) is 78.2 Å². The van der Waals surface area contributed by atoms with E-state index in [4.69, 9.17) is 5.73 Å². The molecule has 5 rings (SSSR count). The van der Waals surface area contributed by atoms with Crippen molar-refractivity contribution in [2.75, 3.05) is 12.8 Å². The second kappa shape index (κ2) is 9.43. The van der Waals surface area contributed by atoms with Crippen LogP contribution in [0.1, 0.15) is 35.6 Å². The van der Waals surface area contributed by atoms with Gasteiger partial charge in [-0.15, -0.1) is 0 Å². The maximum atomic E-state index is 14.0. The number of likely N-dealkylation sites (N-methyl/N-ethyl adjacent to an activating group) is 1. The number of carbonyl (C=O) groups is 1. The lowest BCUT2D eigenvalue weighted by molar-refractivity contribution is -0.125. The molecule has 0 atom stereocenters. The molecule has 1 saturated carbocycles. The van der Waals surface area contributed by atoms with Crippen molar-refractivity contribution in [3.05, 3.63) is 101 Å². The number of carbonyl (C=O) groups excluding carboxylic acids is 1. The average molecular weight is 481 g/mol.